The van der Waals surface area contributed by atoms with Crippen molar-refractivity contribution in [2.45, 2.75) is 31.6 Å². The fourth-order valence-corrected chi connectivity index (χ4v) is 4.50. The summed E-state index contributed by atoms with van der Waals surface area (Å²) >= 11 is 0. The largest absolute Gasteiger partial charge is 0.465 e. The van der Waals surface area contributed by atoms with E-state index >= 15 is 0 Å². The summed E-state index contributed by atoms with van der Waals surface area (Å²) in [5.74, 6) is -0.217. The molecule has 1 aromatic rings. The van der Waals surface area contributed by atoms with Crippen LogP contribution in [0.4, 0.5) is 0 Å². The Labute approximate surface area is 113 Å². The summed E-state index contributed by atoms with van der Waals surface area (Å²) in [7, 11) is -1.98. The van der Waals surface area contributed by atoms with Gasteiger partial charge in [-0.15, -0.1) is 0 Å². The van der Waals surface area contributed by atoms with Crippen molar-refractivity contribution in [3.63, 3.8) is 0 Å². The Morgan fingerprint density at radius 1 is 1.42 bits per heavy atom. The fraction of sp³-hybridized carbons (Fsp3) is 0.500. The molecule has 0 fully saturated rings. The highest BCUT2D eigenvalue weighted by Gasteiger charge is 2.30. The average Bonchev–Trinajstić information content (AvgIpc) is 2.35. The molecule has 5 heteroatoms. The summed E-state index contributed by atoms with van der Waals surface area (Å²) in [6, 6.07) is 3.33. The van der Waals surface area contributed by atoms with Gasteiger partial charge in [0.25, 0.3) is 0 Å². The molecule has 2 rings (SSSR count). The molecule has 1 aliphatic rings. The molecule has 0 bridgehead atoms. The number of hydrogen-bond acceptors (Lipinski definition) is 4. The number of aryl methyl sites for hydroxylation is 1. The quantitative estimate of drug-likeness (QED) is 0.778. The summed E-state index contributed by atoms with van der Waals surface area (Å²) in [5.41, 5.74) is 2.03. The smallest absolute Gasteiger partial charge is 0.338 e. The molecule has 1 atom stereocenters. The van der Waals surface area contributed by atoms with E-state index in [0.29, 0.717) is 16.9 Å². The van der Waals surface area contributed by atoms with Crippen LogP contribution in [0.2, 0.25) is 0 Å². The number of benzene rings is 1. The maximum Gasteiger partial charge on any atom is 0.338 e. The van der Waals surface area contributed by atoms with E-state index < -0.39 is 15.8 Å². The highest BCUT2D eigenvalue weighted by atomic mass is 32.2. The van der Waals surface area contributed by atoms with Crippen LogP contribution in [0.15, 0.2) is 17.0 Å². The lowest BCUT2D eigenvalue weighted by molar-refractivity contribution is 0.0599. The van der Waals surface area contributed by atoms with Crippen molar-refractivity contribution in [2.24, 2.45) is 5.92 Å². The van der Waals surface area contributed by atoms with Gasteiger partial charge in [-0.2, -0.15) is 0 Å². The number of sulfone groups is 1. The molecule has 1 heterocycles. The van der Waals surface area contributed by atoms with Crippen molar-refractivity contribution < 1.29 is 17.9 Å². The third kappa shape index (κ3) is 2.52. The minimum absolute atomic E-state index is 0.117. The monoisotopic (exact) mass is 282 g/mol. The lowest BCUT2D eigenvalue weighted by Gasteiger charge is -2.23. The van der Waals surface area contributed by atoms with E-state index in [2.05, 4.69) is 0 Å². The normalized spacial score (nSPS) is 20.7. The average molecular weight is 282 g/mol. The van der Waals surface area contributed by atoms with E-state index in [4.69, 9.17) is 4.74 Å². The molecule has 0 N–H and O–H groups in total. The van der Waals surface area contributed by atoms with Gasteiger partial charge in [0.05, 0.1) is 23.3 Å². The molecule has 0 saturated heterocycles. The molecule has 104 valence electrons. The number of carbonyl (C=O) groups excluding carboxylic acids is 1. The number of carbonyl (C=O) groups is 1. The molecule has 0 aromatic heterocycles. The van der Waals surface area contributed by atoms with Gasteiger partial charge in [-0.25, -0.2) is 13.2 Å². The maximum atomic E-state index is 12.2. The third-order valence-electron chi connectivity index (χ3n) is 3.48. The molecule has 19 heavy (non-hydrogen) atoms. The predicted octanol–water partition coefficient (Wildman–Crippen LogP) is 2.00. The lowest BCUT2D eigenvalue weighted by atomic mass is 9.96. The zero-order chi connectivity index (χ0) is 14.2. The van der Waals surface area contributed by atoms with Gasteiger partial charge in [-0.3, -0.25) is 0 Å². The van der Waals surface area contributed by atoms with Crippen LogP contribution < -0.4 is 0 Å². The fourth-order valence-electron chi connectivity index (χ4n) is 2.62. The molecule has 1 aliphatic heterocycles. The van der Waals surface area contributed by atoms with Gasteiger partial charge in [-0.1, -0.05) is 19.9 Å². The van der Waals surface area contributed by atoms with Gasteiger partial charge < -0.3 is 4.74 Å². The Bertz CT molecular complexity index is 617. The van der Waals surface area contributed by atoms with Crippen molar-refractivity contribution in [1.82, 2.24) is 0 Å². The van der Waals surface area contributed by atoms with Crippen molar-refractivity contribution in [3.8, 4) is 0 Å². The minimum Gasteiger partial charge on any atom is -0.465 e. The minimum atomic E-state index is -3.29. The topological polar surface area (TPSA) is 60.4 Å². The standard InChI is InChI=1S/C14H18O4S/c1-4-10-6-11-5-9(2)8-19(16,17)13(11)7-12(10)14(15)18-3/h6-7,9H,4-5,8H2,1-3H3. The number of ether oxygens (including phenoxy) is 1. The van der Waals surface area contributed by atoms with E-state index in [1.807, 2.05) is 19.9 Å². The zero-order valence-electron chi connectivity index (χ0n) is 11.4. The number of methoxy groups -OCH3 is 1. The second-order valence-corrected chi connectivity index (χ2v) is 7.06. The Hall–Kier alpha value is -1.36. The number of rotatable bonds is 2. The number of fused-ring (bicyclic) bond motifs is 1. The van der Waals surface area contributed by atoms with Crippen molar-refractivity contribution in [1.29, 1.82) is 0 Å². The first-order chi connectivity index (χ1) is 8.89. The van der Waals surface area contributed by atoms with Crippen molar-refractivity contribution >= 4 is 15.8 Å². The van der Waals surface area contributed by atoms with Gasteiger partial charge in [0.2, 0.25) is 0 Å². The number of esters is 1. The first kappa shape index (κ1) is 14.1. The van der Waals surface area contributed by atoms with Crippen LogP contribution in [0.3, 0.4) is 0 Å². The Morgan fingerprint density at radius 2 is 2.11 bits per heavy atom. The highest BCUT2D eigenvalue weighted by molar-refractivity contribution is 7.91. The maximum absolute atomic E-state index is 12.2. The van der Waals surface area contributed by atoms with Crippen molar-refractivity contribution in [2.75, 3.05) is 12.9 Å². The molecule has 1 aromatic carbocycles. The Kier molecular flexibility index (Phi) is 3.67. The van der Waals surface area contributed by atoms with Crippen molar-refractivity contribution in [3.05, 3.63) is 28.8 Å². The predicted molar refractivity (Wildman–Crippen MR) is 72.1 cm³/mol. The summed E-state index contributed by atoms with van der Waals surface area (Å²) in [4.78, 5) is 12.0. The second-order valence-electron chi connectivity index (χ2n) is 5.05. The SMILES string of the molecule is CCc1cc2c(cc1C(=O)OC)S(=O)(=O)CC(C)C2. The first-order valence-electron chi connectivity index (χ1n) is 6.36. The molecule has 0 spiro atoms. The van der Waals surface area contributed by atoms with E-state index in [1.165, 1.54) is 13.2 Å². The molecule has 0 amide bonds. The summed E-state index contributed by atoms with van der Waals surface area (Å²) in [5, 5.41) is 0. The molecule has 4 nitrogen and oxygen atoms in total. The lowest BCUT2D eigenvalue weighted by Crippen LogP contribution is -2.24. The molecule has 1 unspecified atom stereocenters. The first-order valence-corrected chi connectivity index (χ1v) is 8.01. The second kappa shape index (κ2) is 4.96. The van der Waals surface area contributed by atoms with Gasteiger partial charge in [0.1, 0.15) is 0 Å². The molecular formula is C14H18O4S. The molecular weight excluding hydrogens is 264 g/mol. The van der Waals surface area contributed by atoms with Gasteiger partial charge >= 0.3 is 5.97 Å². The highest BCUT2D eigenvalue weighted by Crippen LogP contribution is 2.31. The Balaban J connectivity index is 2.67. The summed E-state index contributed by atoms with van der Waals surface area (Å²) in [6.45, 7) is 3.87. The zero-order valence-corrected chi connectivity index (χ0v) is 12.2. The van der Waals surface area contributed by atoms with E-state index in [-0.39, 0.29) is 11.7 Å². The molecule has 0 saturated carbocycles. The van der Waals surface area contributed by atoms with Crippen LogP contribution in [0.1, 0.15) is 35.3 Å². The van der Waals surface area contributed by atoms with Gasteiger partial charge in [0, 0.05) is 0 Å². The van der Waals surface area contributed by atoms with Gasteiger partial charge in [0.15, 0.2) is 9.84 Å². The van der Waals surface area contributed by atoms with Crippen LogP contribution >= 0.6 is 0 Å². The number of hydrogen-bond donors (Lipinski definition) is 0. The van der Waals surface area contributed by atoms with E-state index in [9.17, 15) is 13.2 Å². The van der Waals surface area contributed by atoms with Crippen LogP contribution in [0, 0.1) is 5.92 Å². The van der Waals surface area contributed by atoms with E-state index in [0.717, 1.165) is 17.5 Å². The molecule has 0 radical (unpaired) electrons. The van der Waals surface area contributed by atoms with Crippen LogP contribution in [-0.2, 0) is 27.4 Å². The van der Waals surface area contributed by atoms with Crippen LogP contribution in [0.5, 0.6) is 0 Å². The summed E-state index contributed by atoms with van der Waals surface area (Å²) in [6.07, 6.45) is 1.41. The van der Waals surface area contributed by atoms with Gasteiger partial charge in [-0.05, 0) is 36.0 Å². The van der Waals surface area contributed by atoms with E-state index in [1.54, 1.807) is 0 Å². The van der Waals surface area contributed by atoms with Crippen LogP contribution in [0.25, 0.3) is 0 Å². The third-order valence-corrected chi connectivity index (χ3v) is 5.54. The Morgan fingerprint density at radius 3 is 2.68 bits per heavy atom. The molecule has 0 aliphatic carbocycles. The summed E-state index contributed by atoms with van der Waals surface area (Å²) < 4.78 is 29.1. The van der Waals surface area contributed by atoms with Crippen LogP contribution in [-0.4, -0.2) is 27.2 Å².